The third kappa shape index (κ3) is 2.35. The smallest absolute Gasteiger partial charge is 0.278 e. The van der Waals surface area contributed by atoms with Crippen LogP contribution in [0.25, 0.3) is 11.3 Å². The molecule has 0 unspecified atom stereocenters. The maximum Gasteiger partial charge on any atom is 0.278 e. The molecule has 8 heteroatoms. The third-order valence-corrected chi connectivity index (χ3v) is 4.85. The first-order valence-electron chi connectivity index (χ1n) is 7.59. The average molecular weight is 341 g/mol. The molecule has 122 valence electrons. The van der Waals surface area contributed by atoms with Gasteiger partial charge in [0.2, 0.25) is 5.13 Å². The largest absolute Gasteiger partial charge is 0.488 e. The molecule has 3 heterocycles. The number of benzene rings is 1. The van der Waals surface area contributed by atoms with Crippen molar-refractivity contribution in [1.29, 1.82) is 0 Å². The summed E-state index contributed by atoms with van der Waals surface area (Å²) < 4.78 is 7.49. The van der Waals surface area contributed by atoms with E-state index >= 15 is 0 Å². The molecule has 24 heavy (non-hydrogen) atoms. The van der Waals surface area contributed by atoms with Crippen LogP contribution in [0.4, 0.5) is 5.13 Å². The van der Waals surface area contributed by atoms with Gasteiger partial charge in [-0.15, -0.1) is 10.2 Å². The fourth-order valence-electron chi connectivity index (χ4n) is 2.77. The molecule has 2 aromatic heterocycles. The van der Waals surface area contributed by atoms with Gasteiger partial charge in [-0.25, -0.2) is 0 Å². The van der Waals surface area contributed by atoms with Crippen molar-refractivity contribution in [3.63, 3.8) is 0 Å². The Morgan fingerprint density at radius 1 is 1.38 bits per heavy atom. The summed E-state index contributed by atoms with van der Waals surface area (Å²) in [4.78, 5) is 12.6. The van der Waals surface area contributed by atoms with E-state index in [0.29, 0.717) is 17.4 Å². The highest BCUT2D eigenvalue weighted by molar-refractivity contribution is 7.15. The van der Waals surface area contributed by atoms with E-state index in [1.54, 1.807) is 4.68 Å². The summed E-state index contributed by atoms with van der Waals surface area (Å²) in [6, 6.07) is 7.75. The highest BCUT2D eigenvalue weighted by Gasteiger charge is 2.28. The number of amides is 1. The number of para-hydroxylation sites is 1. The van der Waals surface area contributed by atoms with Gasteiger partial charge in [0.05, 0.1) is 5.69 Å². The Morgan fingerprint density at radius 2 is 2.21 bits per heavy atom. The van der Waals surface area contributed by atoms with Crippen LogP contribution in [0.15, 0.2) is 24.3 Å². The van der Waals surface area contributed by atoms with Crippen molar-refractivity contribution in [2.24, 2.45) is 7.05 Å². The molecule has 0 fully saturated rings. The number of carbonyl (C=O) groups excluding carboxylic acids is 1. The van der Waals surface area contributed by atoms with Gasteiger partial charge < -0.3 is 4.74 Å². The van der Waals surface area contributed by atoms with Gasteiger partial charge in [0, 0.05) is 18.2 Å². The minimum Gasteiger partial charge on any atom is -0.488 e. The van der Waals surface area contributed by atoms with Crippen LogP contribution < -0.4 is 10.1 Å². The van der Waals surface area contributed by atoms with E-state index in [2.05, 4.69) is 20.6 Å². The van der Waals surface area contributed by atoms with Crippen LogP contribution in [-0.4, -0.2) is 25.9 Å². The zero-order valence-electron chi connectivity index (χ0n) is 13.2. The van der Waals surface area contributed by atoms with Crippen LogP contribution >= 0.6 is 11.3 Å². The fourth-order valence-corrected chi connectivity index (χ4v) is 3.44. The minimum atomic E-state index is -0.298. The third-order valence-electron chi connectivity index (χ3n) is 3.86. The van der Waals surface area contributed by atoms with Gasteiger partial charge in [0.25, 0.3) is 5.91 Å². The first-order chi connectivity index (χ1) is 11.7. The molecular weight excluding hydrogens is 326 g/mol. The molecular formula is C16H15N5O2S. The number of nitrogens with zero attached hydrogens (tertiary/aromatic N) is 4. The first-order valence-corrected chi connectivity index (χ1v) is 8.40. The molecule has 3 aromatic rings. The molecule has 7 nitrogen and oxygen atoms in total. The maximum atomic E-state index is 12.6. The highest BCUT2D eigenvalue weighted by atomic mass is 32.1. The number of aryl methyl sites for hydroxylation is 2. The second-order valence-electron chi connectivity index (χ2n) is 5.39. The van der Waals surface area contributed by atoms with Crippen molar-refractivity contribution in [2.75, 3.05) is 5.32 Å². The Hall–Kier alpha value is -2.74. The van der Waals surface area contributed by atoms with Crippen molar-refractivity contribution >= 4 is 22.4 Å². The van der Waals surface area contributed by atoms with E-state index in [-0.39, 0.29) is 5.91 Å². The van der Waals surface area contributed by atoms with Crippen LogP contribution in [0.2, 0.25) is 0 Å². The molecule has 0 saturated heterocycles. The molecule has 0 atom stereocenters. The zero-order valence-corrected chi connectivity index (χ0v) is 14.1. The molecule has 1 aliphatic rings. The molecule has 0 bridgehead atoms. The molecule has 1 aromatic carbocycles. The maximum absolute atomic E-state index is 12.6. The number of rotatable bonds is 3. The molecule has 0 saturated carbocycles. The molecule has 1 amide bonds. The van der Waals surface area contributed by atoms with E-state index in [1.165, 1.54) is 11.3 Å². The van der Waals surface area contributed by atoms with Crippen molar-refractivity contribution in [3.8, 4) is 17.0 Å². The number of hydrogen-bond acceptors (Lipinski definition) is 6. The lowest BCUT2D eigenvalue weighted by atomic mass is 10.0. The Kier molecular flexibility index (Phi) is 3.53. The van der Waals surface area contributed by atoms with Crippen molar-refractivity contribution < 1.29 is 9.53 Å². The summed E-state index contributed by atoms with van der Waals surface area (Å²) in [6.07, 6.45) is 0.789. The van der Waals surface area contributed by atoms with Crippen LogP contribution in [-0.2, 0) is 20.1 Å². The van der Waals surface area contributed by atoms with Crippen LogP contribution in [0.5, 0.6) is 5.75 Å². The number of fused-ring (bicyclic) bond motifs is 3. The molecule has 4 rings (SSSR count). The van der Waals surface area contributed by atoms with Crippen molar-refractivity contribution in [2.45, 2.75) is 20.0 Å². The number of anilines is 1. The van der Waals surface area contributed by atoms with E-state index in [1.807, 2.05) is 38.2 Å². The summed E-state index contributed by atoms with van der Waals surface area (Å²) in [7, 11) is 1.83. The van der Waals surface area contributed by atoms with E-state index in [9.17, 15) is 4.79 Å². The van der Waals surface area contributed by atoms with E-state index in [0.717, 1.165) is 34.0 Å². The van der Waals surface area contributed by atoms with Crippen molar-refractivity contribution in [3.05, 3.63) is 40.5 Å². The lowest BCUT2D eigenvalue weighted by Gasteiger charge is -2.18. The minimum absolute atomic E-state index is 0.298. The standard InChI is InChI=1S/C16H15N5O2S/c1-3-12-18-19-16(24-12)17-15(22)13-10-8-23-11-7-5-4-6-9(11)14(10)21(2)20-13/h4-7H,3,8H2,1-2H3,(H,17,19,22). The van der Waals surface area contributed by atoms with Crippen molar-refractivity contribution in [1.82, 2.24) is 20.0 Å². The second-order valence-corrected chi connectivity index (χ2v) is 6.45. The van der Waals surface area contributed by atoms with Gasteiger partial charge in [-0.1, -0.05) is 30.4 Å². The second kappa shape index (κ2) is 5.72. The van der Waals surface area contributed by atoms with Gasteiger partial charge in [0.1, 0.15) is 17.4 Å². The van der Waals surface area contributed by atoms with Crippen LogP contribution in [0.1, 0.15) is 28.0 Å². The molecule has 1 N–H and O–H groups in total. The van der Waals surface area contributed by atoms with Crippen LogP contribution in [0, 0.1) is 0 Å². The lowest BCUT2D eigenvalue weighted by molar-refractivity contribution is 0.101. The predicted octanol–water partition coefficient (Wildman–Crippen LogP) is 2.65. The number of hydrogen-bond donors (Lipinski definition) is 1. The monoisotopic (exact) mass is 341 g/mol. The normalized spacial score (nSPS) is 12.2. The molecule has 0 aliphatic carbocycles. The number of ether oxygens (including phenoxy) is 1. The van der Waals surface area contributed by atoms with E-state index < -0.39 is 0 Å². The Balaban J connectivity index is 1.69. The summed E-state index contributed by atoms with van der Waals surface area (Å²) in [5, 5.41) is 16.5. The quantitative estimate of drug-likeness (QED) is 0.792. The summed E-state index contributed by atoms with van der Waals surface area (Å²) in [5.41, 5.74) is 3.00. The molecule has 1 aliphatic heterocycles. The van der Waals surface area contributed by atoms with Crippen LogP contribution in [0.3, 0.4) is 0 Å². The predicted molar refractivity (Wildman–Crippen MR) is 90.2 cm³/mol. The summed E-state index contributed by atoms with van der Waals surface area (Å²) in [6.45, 7) is 2.31. The first kappa shape index (κ1) is 14.8. The number of carbonyl (C=O) groups is 1. The lowest BCUT2D eigenvalue weighted by Crippen LogP contribution is -2.16. The fraction of sp³-hybridized carbons (Fsp3) is 0.250. The highest BCUT2D eigenvalue weighted by Crippen LogP contribution is 2.38. The molecule has 0 radical (unpaired) electrons. The van der Waals surface area contributed by atoms with Gasteiger partial charge in [-0.2, -0.15) is 5.10 Å². The summed E-state index contributed by atoms with van der Waals surface area (Å²) in [5.74, 6) is 0.505. The van der Waals surface area contributed by atoms with Gasteiger partial charge in [-0.3, -0.25) is 14.8 Å². The SMILES string of the molecule is CCc1nnc(NC(=O)c2nn(C)c3c2COc2ccccc2-3)s1. The Morgan fingerprint density at radius 3 is 3.00 bits per heavy atom. The Bertz CT molecular complexity index is 930. The van der Waals surface area contributed by atoms with Gasteiger partial charge in [0.15, 0.2) is 5.69 Å². The topological polar surface area (TPSA) is 81.9 Å². The average Bonchev–Trinajstić information content (AvgIpc) is 3.19. The number of aromatic nitrogens is 4. The zero-order chi connectivity index (χ0) is 16.7. The Labute approximate surface area is 142 Å². The number of nitrogens with one attached hydrogen (secondary N) is 1. The summed E-state index contributed by atoms with van der Waals surface area (Å²) >= 11 is 1.37. The van der Waals surface area contributed by atoms with Gasteiger partial charge in [-0.05, 0) is 18.6 Å². The van der Waals surface area contributed by atoms with E-state index in [4.69, 9.17) is 4.74 Å². The molecule has 0 spiro atoms. The van der Waals surface area contributed by atoms with Gasteiger partial charge >= 0.3 is 0 Å².